The number of aliphatic hydroxyl groups is 1. The minimum atomic E-state index is -0.706. The summed E-state index contributed by atoms with van der Waals surface area (Å²) in [6.45, 7) is 8.04. The number of benzene rings is 1. The first kappa shape index (κ1) is 21.6. The van der Waals surface area contributed by atoms with Gasteiger partial charge in [0.25, 0.3) is 0 Å². The summed E-state index contributed by atoms with van der Waals surface area (Å²) in [6, 6.07) is 6.95. The number of hydrogen-bond acceptors (Lipinski definition) is 4. The number of rotatable bonds is 3. The monoisotopic (exact) mass is 417 g/mol. The van der Waals surface area contributed by atoms with Gasteiger partial charge in [-0.3, -0.25) is 9.69 Å². The van der Waals surface area contributed by atoms with Crippen molar-refractivity contribution in [3.63, 3.8) is 0 Å². The summed E-state index contributed by atoms with van der Waals surface area (Å²) >= 11 is 0. The van der Waals surface area contributed by atoms with E-state index in [1.807, 2.05) is 12.1 Å². The maximum Gasteiger partial charge on any atom is 0.219 e. The molecule has 166 valence electrons. The lowest BCUT2D eigenvalue weighted by molar-refractivity contribution is -0.141. The number of hydrogen-bond donors (Lipinski definition) is 1. The second-order valence-corrected chi connectivity index (χ2v) is 9.80. The molecule has 3 aliphatic rings. The van der Waals surface area contributed by atoms with Crippen molar-refractivity contribution in [1.82, 2.24) is 9.80 Å². The molecular formula is C24H36FN3O2. The van der Waals surface area contributed by atoms with Crippen molar-refractivity contribution in [2.75, 3.05) is 37.6 Å². The minimum Gasteiger partial charge on any atom is -0.388 e. The lowest BCUT2D eigenvalue weighted by Gasteiger charge is -2.54. The maximum atomic E-state index is 13.2. The van der Waals surface area contributed by atoms with Crippen LogP contribution in [-0.4, -0.2) is 70.7 Å². The van der Waals surface area contributed by atoms with Gasteiger partial charge < -0.3 is 14.9 Å². The quantitative estimate of drug-likeness (QED) is 0.819. The van der Waals surface area contributed by atoms with Crippen LogP contribution in [0.2, 0.25) is 0 Å². The summed E-state index contributed by atoms with van der Waals surface area (Å²) in [5.41, 5.74) is 0.179. The summed E-state index contributed by atoms with van der Waals surface area (Å²) in [7, 11) is 0. The SMILES string of the molecule is CC(=O)N1CCCC[C@@H]2N(CC3(O)CCN(c4ccc(F)cc4)CC3)CCC[C@@]21C. The molecule has 0 unspecified atom stereocenters. The topological polar surface area (TPSA) is 47.0 Å². The van der Waals surface area contributed by atoms with Crippen molar-refractivity contribution >= 4 is 11.6 Å². The molecule has 5 nitrogen and oxygen atoms in total. The number of halogens is 1. The van der Waals surface area contributed by atoms with Crippen LogP contribution in [0.25, 0.3) is 0 Å². The molecule has 3 fully saturated rings. The summed E-state index contributed by atoms with van der Waals surface area (Å²) in [6.07, 6.45) is 6.83. The molecule has 0 saturated carbocycles. The zero-order valence-electron chi connectivity index (χ0n) is 18.4. The van der Waals surface area contributed by atoms with E-state index >= 15 is 0 Å². The fourth-order valence-corrected chi connectivity index (χ4v) is 6.10. The molecule has 1 amide bonds. The van der Waals surface area contributed by atoms with Crippen molar-refractivity contribution in [3.8, 4) is 0 Å². The van der Waals surface area contributed by atoms with E-state index in [2.05, 4.69) is 21.6 Å². The number of likely N-dealkylation sites (tertiary alicyclic amines) is 2. The smallest absolute Gasteiger partial charge is 0.219 e. The molecule has 4 rings (SSSR count). The third-order valence-corrected chi connectivity index (χ3v) is 7.78. The first-order valence-corrected chi connectivity index (χ1v) is 11.6. The second-order valence-electron chi connectivity index (χ2n) is 9.80. The van der Waals surface area contributed by atoms with Gasteiger partial charge in [-0.25, -0.2) is 4.39 Å². The Bertz CT molecular complexity index is 747. The van der Waals surface area contributed by atoms with Crippen molar-refractivity contribution in [2.45, 2.75) is 76.0 Å². The number of amides is 1. The average Bonchev–Trinajstić information content (AvgIpc) is 2.88. The summed E-state index contributed by atoms with van der Waals surface area (Å²) < 4.78 is 13.2. The van der Waals surface area contributed by atoms with Crippen LogP contribution in [0, 0.1) is 5.82 Å². The van der Waals surface area contributed by atoms with E-state index in [0.717, 1.165) is 64.0 Å². The normalized spacial score (nSPS) is 29.9. The summed E-state index contributed by atoms with van der Waals surface area (Å²) in [5, 5.41) is 11.4. The van der Waals surface area contributed by atoms with Crippen LogP contribution in [-0.2, 0) is 4.79 Å². The molecular weight excluding hydrogens is 381 g/mol. The molecule has 0 aromatic heterocycles. The first-order valence-electron chi connectivity index (χ1n) is 11.6. The molecule has 1 N–H and O–H groups in total. The molecule has 3 heterocycles. The van der Waals surface area contributed by atoms with E-state index in [4.69, 9.17) is 0 Å². The molecule has 0 spiro atoms. The van der Waals surface area contributed by atoms with Gasteiger partial charge in [-0.05, 0) is 76.3 Å². The predicted octanol–water partition coefficient (Wildman–Crippen LogP) is 3.41. The van der Waals surface area contributed by atoms with E-state index in [0.29, 0.717) is 25.4 Å². The van der Waals surface area contributed by atoms with Gasteiger partial charge in [0.05, 0.1) is 11.1 Å². The molecule has 0 radical (unpaired) electrons. The van der Waals surface area contributed by atoms with Crippen LogP contribution < -0.4 is 4.90 Å². The highest BCUT2D eigenvalue weighted by atomic mass is 19.1. The highest BCUT2D eigenvalue weighted by molar-refractivity contribution is 5.74. The zero-order chi connectivity index (χ0) is 21.4. The van der Waals surface area contributed by atoms with Crippen molar-refractivity contribution < 1.29 is 14.3 Å². The molecule has 0 aliphatic carbocycles. The average molecular weight is 418 g/mol. The Morgan fingerprint density at radius 2 is 1.77 bits per heavy atom. The van der Waals surface area contributed by atoms with Crippen molar-refractivity contribution in [3.05, 3.63) is 30.1 Å². The number of piperidine rings is 2. The number of fused-ring (bicyclic) bond motifs is 1. The van der Waals surface area contributed by atoms with Gasteiger partial charge in [0.2, 0.25) is 5.91 Å². The van der Waals surface area contributed by atoms with Crippen molar-refractivity contribution in [1.29, 1.82) is 0 Å². The Balaban J connectivity index is 1.44. The zero-order valence-corrected chi connectivity index (χ0v) is 18.4. The highest BCUT2D eigenvalue weighted by Crippen LogP contribution is 2.40. The molecule has 1 aromatic carbocycles. The number of anilines is 1. The van der Waals surface area contributed by atoms with Gasteiger partial charge in [-0.15, -0.1) is 0 Å². The second kappa shape index (κ2) is 8.46. The molecule has 6 heteroatoms. The third-order valence-electron chi connectivity index (χ3n) is 7.78. The predicted molar refractivity (Wildman–Crippen MR) is 117 cm³/mol. The van der Waals surface area contributed by atoms with Crippen LogP contribution in [0.3, 0.4) is 0 Å². The molecule has 3 aliphatic heterocycles. The molecule has 2 atom stereocenters. The Kier molecular flexibility index (Phi) is 6.08. The van der Waals surface area contributed by atoms with E-state index in [1.165, 1.54) is 12.1 Å². The Morgan fingerprint density at radius 1 is 1.07 bits per heavy atom. The van der Waals surface area contributed by atoms with Crippen LogP contribution in [0.15, 0.2) is 24.3 Å². The van der Waals surface area contributed by atoms with Crippen LogP contribution in [0.4, 0.5) is 10.1 Å². The van der Waals surface area contributed by atoms with Crippen LogP contribution in [0.1, 0.15) is 58.8 Å². The summed E-state index contributed by atoms with van der Waals surface area (Å²) in [5.74, 6) is -0.0408. The molecule has 1 aromatic rings. The Labute approximate surface area is 179 Å². The fourth-order valence-electron chi connectivity index (χ4n) is 6.10. The van der Waals surface area contributed by atoms with Crippen molar-refractivity contribution in [2.24, 2.45) is 0 Å². The lowest BCUT2D eigenvalue weighted by atomic mass is 9.78. The fraction of sp³-hybridized carbons (Fsp3) is 0.708. The lowest BCUT2D eigenvalue weighted by Crippen LogP contribution is -2.66. The first-order chi connectivity index (χ1) is 14.3. The minimum absolute atomic E-state index is 0.133. The number of carbonyl (C=O) groups is 1. The largest absolute Gasteiger partial charge is 0.388 e. The van der Waals surface area contributed by atoms with E-state index < -0.39 is 5.60 Å². The van der Waals surface area contributed by atoms with Crippen LogP contribution in [0.5, 0.6) is 0 Å². The number of β-amino-alcohol motifs (C(OH)–C–C–N with tert-alkyl or cyclic N) is 1. The van der Waals surface area contributed by atoms with E-state index in [9.17, 15) is 14.3 Å². The van der Waals surface area contributed by atoms with Gasteiger partial charge in [0.1, 0.15) is 5.82 Å². The van der Waals surface area contributed by atoms with Crippen LogP contribution >= 0.6 is 0 Å². The highest BCUT2D eigenvalue weighted by Gasteiger charge is 2.48. The van der Waals surface area contributed by atoms with Gasteiger partial charge in [-0.2, -0.15) is 0 Å². The molecule has 30 heavy (non-hydrogen) atoms. The number of nitrogens with zero attached hydrogens (tertiary/aromatic N) is 3. The van der Waals surface area contributed by atoms with Gasteiger partial charge in [-0.1, -0.05) is 6.42 Å². The van der Waals surface area contributed by atoms with Gasteiger partial charge in [0, 0.05) is 44.8 Å². The Hall–Kier alpha value is -1.66. The molecule has 0 bridgehead atoms. The molecule has 3 saturated heterocycles. The van der Waals surface area contributed by atoms with Gasteiger partial charge in [0.15, 0.2) is 0 Å². The van der Waals surface area contributed by atoms with E-state index in [-0.39, 0.29) is 17.3 Å². The Morgan fingerprint density at radius 3 is 2.43 bits per heavy atom. The summed E-state index contributed by atoms with van der Waals surface area (Å²) in [4.78, 5) is 19.2. The standard InChI is InChI=1S/C24H36FN3O2/c1-19(29)28-15-4-3-6-22-23(28,2)11-5-14-27(22)18-24(30)12-16-26(17-13-24)21-9-7-20(25)8-10-21/h7-10,22,30H,3-6,11-18H2,1-2H3/t22-,23-/m0/s1. The van der Waals surface area contributed by atoms with Gasteiger partial charge >= 0.3 is 0 Å². The maximum absolute atomic E-state index is 13.2. The number of carbonyl (C=O) groups excluding carboxylic acids is 1. The third kappa shape index (κ3) is 4.22. The van der Waals surface area contributed by atoms with E-state index in [1.54, 1.807) is 6.92 Å².